The minimum Gasteiger partial charge on any atom is -0.468 e. The van der Waals surface area contributed by atoms with Crippen LogP contribution in [0, 0.1) is 6.92 Å². The molecule has 3 nitrogen and oxygen atoms in total. The largest absolute Gasteiger partial charge is 0.468 e. The van der Waals surface area contributed by atoms with Crippen LogP contribution >= 0.6 is 11.8 Å². The summed E-state index contributed by atoms with van der Waals surface area (Å²) in [6.45, 7) is 2.72. The summed E-state index contributed by atoms with van der Waals surface area (Å²) in [5.41, 5.74) is 1.21. The van der Waals surface area contributed by atoms with Crippen molar-refractivity contribution in [2.75, 3.05) is 19.3 Å². The molecule has 0 aliphatic heterocycles. The van der Waals surface area contributed by atoms with Gasteiger partial charge in [0.2, 0.25) is 0 Å². The minimum absolute atomic E-state index is 0.236. The quantitative estimate of drug-likeness (QED) is 0.700. The molecule has 0 saturated carbocycles. The molecule has 1 aromatic rings. The maximum atomic E-state index is 9.46. The smallest absolute Gasteiger partial charge is 0.116 e. The van der Waals surface area contributed by atoms with E-state index in [1.165, 1.54) is 5.56 Å². The normalized spacial score (nSPS) is 13.0. The molecule has 0 saturated heterocycles. The van der Waals surface area contributed by atoms with Gasteiger partial charge in [-0.15, -0.1) is 0 Å². The van der Waals surface area contributed by atoms with Crippen molar-refractivity contribution >= 4 is 11.8 Å². The number of nitrogens with one attached hydrogen (secondary N) is 1. The second kappa shape index (κ2) is 6.93. The van der Waals surface area contributed by atoms with Gasteiger partial charge in [0.15, 0.2) is 0 Å². The van der Waals surface area contributed by atoms with E-state index in [0.29, 0.717) is 6.54 Å². The number of hydrogen-bond donors (Lipinski definition) is 2. The lowest BCUT2D eigenvalue weighted by Crippen LogP contribution is -2.23. The molecule has 0 radical (unpaired) electrons. The molecule has 0 fully saturated rings. The fourth-order valence-corrected chi connectivity index (χ4v) is 2.34. The summed E-state index contributed by atoms with van der Waals surface area (Å²) >= 11 is 1.80. The summed E-state index contributed by atoms with van der Waals surface area (Å²) in [5.74, 6) is 2.90. The highest BCUT2D eigenvalue weighted by Crippen LogP contribution is 2.17. The van der Waals surface area contributed by atoms with Gasteiger partial charge in [0.25, 0.3) is 0 Å². The topological polar surface area (TPSA) is 45.4 Å². The Labute approximate surface area is 95.2 Å². The minimum atomic E-state index is -0.236. The van der Waals surface area contributed by atoms with Crippen LogP contribution in [0.1, 0.15) is 17.7 Å². The number of furan rings is 1. The van der Waals surface area contributed by atoms with E-state index in [0.717, 1.165) is 23.7 Å². The van der Waals surface area contributed by atoms with Gasteiger partial charge in [-0.3, -0.25) is 0 Å². The zero-order chi connectivity index (χ0) is 11.1. The third-order valence-corrected chi connectivity index (χ3v) is 3.23. The van der Waals surface area contributed by atoms with Gasteiger partial charge in [0, 0.05) is 6.54 Å². The second-order valence-corrected chi connectivity index (χ2v) is 4.68. The summed E-state index contributed by atoms with van der Waals surface area (Å²) < 4.78 is 5.32. The Morgan fingerprint density at radius 1 is 1.60 bits per heavy atom. The van der Waals surface area contributed by atoms with Gasteiger partial charge in [-0.05, 0) is 37.8 Å². The lowest BCUT2D eigenvalue weighted by Gasteiger charge is -2.08. The van der Waals surface area contributed by atoms with Crippen molar-refractivity contribution < 1.29 is 9.52 Å². The van der Waals surface area contributed by atoms with Crippen LogP contribution in [-0.2, 0) is 5.75 Å². The van der Waals surface area contributed by atoms with Crippen LogP contribution in [0.15, 0.2) is 16.7 Å². The molecule has 2 N–H and O–H groups in total. The summed E-state index contributed by atoms with van der Waals surface area (Å²) in [7, 11) is 1.85. The maximum Gasteiger partial charge on any atom is 0.116 e. The Morgan fingerprint density at radius 3 is 3.00 bits per heavy atom. The van der Waals surface area contributed by atoms with Crippen LogP contribution in [0.5, 0.6) is 0 Å². The van der Waals surface area contributed by atoms with Crippen LogP contribution in [0.25, 0.3) is 0 Å². The first-order valence-corrected chi connectivity index (χ1v) is 6.33. The molecule has 0 aromatic carbocycles. The average molecular weight is 229 g/mol. The molecule has 4 heteroatoms. The molecule has 0 spiro atoms. The van der Waals surface area contributed by atoms with Gasteiger partial charge < -0.3 is 14.8 Å². The highest BCUT2D eigenvalue weighted by Gasteiger charge is 2.04. The van der Waals surface area contributed by atoms with Crippen molar-refractivity contribution in [1.29, 1.82) is 0 Å². The summed E-state index contributed by atoms with van der Waals surface area (Å²) in [4.78, 5) is 0. The molecule has 1 heterocycles. The highest BCUT2D eigenvalue weighted by molar-refractivity contribution is 7.98. The van der Waals surface area contributed by atoms with Gasteiger partial charge in [0.05, 0.1) is 18.1 Å². The zero-order valence-electron chi connectivity index (χ0n) is 9.32. The number of aliphatic hydroxyl groups is 1. The van der Waals surface area contributed by atoms with E-state index in [-0.39, 0.29) is 6.10 Å². The molecule has 0 aliphatic carbocycles. The predicted octanol–water partition coefficient (Wildman–Crippen LogP) is 1.79. The van der Waals surface area contributed by atoms with Crippen LogP contribution in [0.2, 0.25) is 0 Å². The van der Waals surface area contributed by atoms with Crippen molar-refractivity contribution in [3.05, 3.63) is 23.7 Å². The maximum absolute atomic E-state index is 9.46. The van der Waals surface area contributed by atoms with E-state index >= 15 is 0 Å². The molecule has 0 aliphatic rings. The van der Waals surface area contributed by atoms with Crippen molar-refractivity contribution in [3.8, 4) is 0 Å². The van der Waals surface area contributed by atoms with Gasteiger partial charge in [0.1, 0.15) is 5.76 Å². The molecular weight excluding hydrogens is 210 g/mol. The lowest BCUT2D eigenvalue weighted by molar-refractivity contribution is 0.171. The van der Waals surface area contributed by atoms with E-state index < -0.39 is 0 Å². The summed E-state index contributed by atoms with van der Waals surface area (Å²) in [5, 5.41) is 12.4. The summed E-state index contributed by atoms with van der Waals surface area (Å²) in [6.07, 6.45) is 2.31. The van der Waals surface area contributed by atoms with E-state index in [2.05, 4.69) is 12.2 Å². The van der Waals surface area contributed by atoms with Crippen molar-refractivity contribution in [2.24, 2.45) is 0 Å². The Bertz CT molecular complexity index is 275. The van der Waals surface area contributed by atoms with Crippen molar-refractivity contribution in [3.63, 3.8) is 0 Å². The van der Waals surface area contributed by atoms with E-state index in [9.17, 15) is 5.11 Å². The summed E-state index contributed by atoms with van der Waals surface area (Å²) in [6, 6.07) is 1.98. The molecule has 1 atom stereocenters. The second-order valence-electron chi connectivity index (χ2n) is 3.58. The molecule has 1 unspecified atom stereocenters. The fraction of sp³-hybridized carbons (Fsp3) is 0.636. The van der Waals surface area contributed by atoms with Gasteiger partial charge in [-0.2, -0.15) is 11.8 Å². The molecule has 0 amide bonds. The molecule has 15 heavy (non-hydrogen) atoms. The highest BCUT2D eigenvalue weighted by atomic mass is 32.2. The number of hydrogen-bond acceptors (Lipinski definition) is 4. The number of aliphatic hydroxyl groups excluding tert-OH is 1. The number of thioether (sulfide) groups is 1. The Kier molecular flexibility index (Phi) is 5.83. The zero-order valence-corrected chi connectivity index (χ0v) is 10.1. The standard InChI is InChI=1S/C11H19NO2S/c1-9-3-5-14-11(9)8-15-6-4-10(13)7-12-2/h3,5,10,12-13H,4,6-8H2,1-2H3. The Hall–Kier alpha value is -0.450. The predicted molar refractivity (Wildman–Crippen MR) is 64.2 cm³/mol. The Morgan fingerprint density at radius 2 is 2.40 bits per heavy atom. The molecular formula is C11H19NO2S. The first kappa shape index (κ1) is 12.6. The van der Waals surface area contributed by atoms with Crippen LogP contribution < -0.4 is 5.32 Å². The number of rotatable bonds is 7. The fourth-order valence-electron chi connectivity index (χ4n) is 1.27. The first-order valence-electron chi connectivity index (χ1n) is 5.17. The Balaban J connectivity index is 2.09. The van der Waals surface area contributed by atoms with Gasteiger partial charge in [-0.1, -0.05) is 0 Å². The lowest BCUT2D eigenvalue weighted by atomic mass is 10.3. The molecule has 0 bridgehead atoms. The number of aryl methyl sites for hydroxylation is 1. The first-order chi connectivity index (χ1) is 7.24. The third kappa shape index (κ3) is 4.73. The van der Waals surface area contributed by atoms with Gasteiger partial charge in [-0.25, -0.2) is 0 Å². The average Bonchev–Trinajstić information content (AvgIpc) is 2.60. The van der Waals surface area contributed by atoms with E-state index in [4.69, 9.17) is 4.42 Å². The SMILES string of the molecule is CNCC(O)CCSCc1occc1C. The monoisotopic (exact) mass is 229 g/mol. The van der Waals surface area contributed by atoms with E-state index in [1.54, 1.807) is 18.0 Å². The number of likely N-dealkylation sites (N-methyl/N-ethyl adjacent to an activating group) is 1. The van der Waals surface area contributed by atoms with Crippen molar-refractivity contribution in [1.82, 2.24) is 5.32 Å². The van der Waals surface area contributed by atoms with Crippen LogP contribution in [0.3, 0.4) is 0 Å². The van der Waals surface area contributed by atoms with Crippen LogP contribution in [0.4, 0.5) is 0 Å². The molecule has 1 aromatic heterocycles. The van der Waals surface area contributed by atoms with Crippen molar-refractivity contribution in [2.45, 2.75) is 25.2 Å². The molecule has 1 rings (SSSR count). The van der Waals surface area contributed by atoms with Gasteiger partial charge >= 0.3 is 0 Å². The van der Waals surface area contributed by atoms with E-state index in [1.807, 2.05) is 13.1 Å². The third-order valence-electron chi connectivity index (χ3n) is 2.24. The molecule has 86 valence electrons. The van der Waals surface area contributed by atoms with Crippen LogP contribution in [-0.4, -0.2) is 30.6 Å².